The molecule has 1 saturated carbocycles. The number of fused-ring (bicyclic) bond motifs is 2. The normalized spacial score (nSPS) is 33.9. The van der Waals surface area contributed by atoms with Gasteiger partial charge in [-0.25, -0.2) is 4.79 Å². The highest BCUT2D eigenvalue weighted by Crippen LogP contribution is 2.67. The number of hydrogen-bond acceptors (Lipinski definition) is 3. The number of carbonyl (C=O) groups is 2. The number of allylic oxidation sites excluding steroid dienone is 8. The third kappa shape index (κ3) is 4.03. The van der Waals surface area contributed by atoms with Crippen molar-refractivity contribution in [2.75, 3.05) is 0 Å². The Labute approximate surface area is 204 Å². The Hall–Kier alpha value is -2.36. The Bertz CT molecular complexity index is 1050. The number of ether oxygens (including phenoxy) is 1. The summed E-state index contributed by atoms with van der Waals surface area (Å²) in [6, 6.07) is 0. The summed E-state index contributed by atoms with van der Waals surface area (Å²) in [5.41, 5.74) is 7.26. The van der Waals surface area contributed by atoms with Crippen LogP contribution >= 0.6 is 0 Å². The smallest absolute Gasteiger partial charge is 0.333 e. The van der Waals surface area contributed by atoms with Gasteiger partial charge < -0.3 is 9.84 Å². The molecule has 1 N–H and O–H groups in total. The second kappa shape index (κ2) is 9.02. The van der Waals surface area contributed by atoms with Gasteiger partial charge in [0.05, 0.1) is 0 Å². The lowest BCUT2D eigenvalue weighted by atomic mass is 9.53. The van der Waals surface area contributed by atoms with Crippen molar-refractivity contribution in [3.8, 4) is 0 Å². The molecule has 1 fully saturated rings. The second-order valence-electron chi connectivity index (χ2n) is 11.6. The molecular weight excluding hydrogens is 424 g/mol. The standard InChI is InChI=1S/C30H40O4/c1-18(2)23-9-10-25-22(17-21(23)8-12-27(31)32)13-15-29(5)24(14-16-30(25,29)6)20(4)26-11-7-19(3)28(33)34-26/h7,9-10,17,20,24,26H,8,11-16H2,1-6H3,(H,31,32)/t20-,24?,26?,29+,30-/m0/s1. The number of carboxylic acid groups (broad SMARTS) is 1. The van der Waals surface area contributed by atoms with Gasteiger partial charge in [-0.15, -0.1) is 0 Å². The number of esters is 1. The Morgan fingerprint density at radius 1 is 1.24 bits per heavy atom. The predicted molar refractivity (Wildman–Crippen MR) is 135 cm³/mol. The number of aliphatic carboxylic acids is 1. The van der Waals surface area contributed by atoms with Crippen molar-refractivity contribution >= 4 is 11.9 Å². The Kier molecular flexibility index (Phi) is 6.56. The van der Waals surface area contributed by atoms with E-state index in [0.717, 1.165) is 43.3 Å². The summed E-state index contributed by atoms with van der Waals surface area (Å²) >= 11 is 0. The van der Waals surface area contributed by atoms with E-state index in [4.69, 9.17) is 4.74 Å². The summed E-state index contributed by atoms with van der Waals surface area (Å²) in [5, 5.41) is 9.28. The van der Waals surface area contributed by atoms with Gasteiger partial charge in [-0.1, -0.05) is 50.6 Å². The molecular formula is C30H40O4. The van der Waals surface area contributed by atoms with E-state index in [1.54, 1.807) is 0 Å². The maximum Gasteiger partial charge on any atom is 0.333 e. The maximum atomic E-state index is 12.2. The SMILES string of the molecule is CC1=CCC([C@@H](C)C2CC[C@@]3(C)C4=C(C=C(CCC(=O)O)C(=C(C)C)C=C4)CC[C@]23C)OC1=O. The predicted octanol–water partition coefficient (Wildman–Crippen LogP) is 7.09. The van der Waals surface area contributed by atoms with Crippen LogP contribution in [-0.4, -0.2) is 23.1 Å². The third-order valence-electron chi connectivity index (χ3n) is 9.60. The second-order valence-corrected chi connectivity index (χ2v) is 11.6. The molecule has 0 aromatic heterocycles. The Balaban J connectivity index is 1.68. The van der Waals surface area contributed by atoms with E-state index in [-0.39, 0.29) is 29.3 Å². The first kappa shape index (κ1) is 24.8. The van der Waals surface area contributed by atoms with Gasteiger partial charge in [0.1, 0.15) is 6.10 Å². The van der Waals surface area contributed by atoms with Crippen LogP contribution in [0, 0.1) is 22.7 Å². The first-order valence-corrected chi connectivity index (χ1v) is 12.9. The summed E-state index contributed by atoms with van der Waals surface area (Å²) in [5.74, 6) is -0.110. The molecule has 4 aliphatic rings. The fourth-order valence-electron chi connectivity index (χ4n) is 7.26. The molecule has 5 atom stereocenters. The summed E-state index contributed by atoms with van der Waals surface area (Å²) < 4.78 is 5.86. The molecule has 0 spiro atoms. The lowest BCUT2D eigenvalue weighted by Gasteiger charge is -2.51. The van der Waals surface area contributed by atoms with Crippen molar-refractivity contribution < 1.29 is 19.4 Å². The van der Waals surface area contributed by atoms with E-state index in [0.29, 0.717) is 18.3 Å². The molecule has 0 aromatic carbocycles. The minimum atomic E-state index is -0.749. The van der Waals surface area contributed by atoms with Crippen LogP contribution in [0.15, 0.2) is 57.7 Å². The zero-order valence-electron chi connectivity index (χ0n) is 21.7. The molecule has 2 unspecified atom stereocenters. The summed E-state index contributed by atoms with van der Waals surface area (Å²) in [6.45, 7) is 13.2. The van der Waals surface area contributed by atoms with E-state index in [9.17, 15) is 14.7 Å². The quantitative estimate of drug-likeness (QED) is 0.441. The van der Waals surface area contributed by atoms with Crippen LogP contribution in [0.5, 0.6) is 0 Å². The van der Waals surface area contributed by atoms with Crippen LogP contribution < -0.4 is 0 Å². The van der Waals surface area contributed by atoms with Crippen LogP contribution in [-0.2, 0) is 14.3 Å². The third-order valence-corrected chi connectivity index (χ3v) is 9.60. The minimum Gasteiger partial charge on any atom is -0.481 e. The molecule has 0 aromatic rings. The molecule has 1 aliphatic heterocycles. The molecule has 184 valence electrons. The molecule has 1 heterocycles. The van der Waals surface area contributed by atoms with Crippen LogP contribution in [0.2, 0.25) is 0 Å². The summed E-state index contributed by atoms with van der Waals surface area (Å²) in [7, 11) is 0. The highest BCUT2D eigenvalue weighted by Gasteiger charge is 2.59. The number of rotatable bonds is 5. The number of cyclic esters (lactones) is 1. The van der Waals surface area contributed by atoms with Crippen molar-refractivity contribution in [3.05, 3.63) is 57.7 Å². The Morgan fingerprint density at radius 3 is 2.62 bits per heavy atom. The molecule has 0 amide bonds. The van der Waals surface area contributed by atoms with Gasteiger partial charge in [0, 0.05) is 18.4 Å². The average Bonchev–Trinajstić information content (AvgIpc) is 2.93. The molecule has 34 heavy (non-hydrogen) atoms. The van der Waals surface area contributed by atoms with Crippen LogP contribution in [0.3, 0.4) is 0 Å². The van der Waals surface area contributed by atoms with E-state index in [1.165, 1.54) is 22.3 Å². The van der Waals surface area contributed by atoms with Gasteiger partial charge in [0.25, 0.3) is 0 Å². The zero-order chi connectivity index (χ0) is 24.8. The fraction of sp³-hybridized carbons (Fsp3) is 0.600. The van der Waals surface area contributed by atoms with Gasteiger partial charge in [0.2, 0.25) is 0 Å². The van der Waals surface area contributed by atoms with Crippen molar-refractivity contribution in [1.82, 2.24) is 0 Å². The zero-order valence-corrected chi connectivity index (χ0v) is 21.7. The topological polar surface area (TPSA) is 63.6 Å². The summed E-state index contributed by atoms with van der Waals surface area (Å²) in [4.78, 5) is 23.5. The van der Waals surface area contributed by atoms with Crippen LogP contribution in [0.25, 0.3) is 0 Å². The lowest BCUT2D eigenvalue weighted by molar-refractivity contribution is -0.150. The van der Waals surface area contributed by atoms with E-state index in [2.05, 4.69) is 52.8 Å². The average molecular weight is 465 g/mol. The van der Waals surface area contributed by atoms with Gasteiger partial charge in [-0.2, -0.15) is 0 Å². The summed E-state index contributed by atoms with van der Waals surface area (Å²) in [6.07, 6.45) is 14.8. The van der Waals surface area contributed by atoms with Gasteiger partial charge in [-0.3, -0.25) is 4.79 Å². The first-order valence-electron chi connectivity index (χ1n) is 12.9. The number of carbonyl (C=O) groups excluding carboxylic acids is 1. The van der Waals surface area contributed by atoms with Crippen molar-refractivity contribution in [2.24, 2.45) is 22.7 Å². The first-order chi connectivity index (χ1) is 16.0. The largest absolute Gasteiger partial charge is 0.481 e. The van der Waals surface area contributed by atoms with Crippen LogP contribution in [0.4, 0.5) is 0 Å². The highest BCUT2D eigenvalue weighted by atomic mass is 16.5. The van der Waals surface area contributed by atoms with Crippen LogP contribution in [0.1, 0.15) is 86.5 Å². The molecule has 4 heteroatoms. The molecule has 3 aliphatic carbocycles. The number of hydrogen-bond donors (Lipinski definition) is 1. The van der Waals surface area contributed by atoms with E-state index >= 15 is 0 Å². The van der Waals surface area contributed by atoms with Crippen molar-refractivity contribution in [2.45, 2.75) is 92.6 Å². The van der Waals surface area contributed by atoms with Crippen molar-refractivity contribution in [3.63, 3.8) is 0 Å². The maximum absolute atomic E-state index is 12.2. The lowest BCUT2D eigenvalue weighted by Crippen LogP contribution is -2.45. The molecule has 4 rings (SSSR count). The fourth-order valence-corrected chi connectivity index (χ4v) is 7.26. The molecule has 0 radical (unpaired) electrons. The number of carboxylic acids is 1. The van der Waals surface area contributed by atoms with Gasteiger partial charge >= 0.3 is 11.9 Å². The highest BCUT2D eigenvalue weighted by molar-refractivity contribution is 5.88. The Morgan fingerprint density at radius 2 is 1.97 bits per heavy atom. The van der Waals surface area contributed by atoms with Crippen molar-refractivity contribution in [1.29, 1.82) is 0 Å². The van der Waals surface area contributed by atoms with E-state index in [1.807, 2.05) is 13.0 Å². The van der Waals surface area contributed by atoms with Gasteiger partial charge in [-0.05, 0) is 97.8 Å². The molecule has 0 bridgehead atoms. The molecule has 4 nitrogen and oxygen atoms in total. The minimum absolute atomic E-state index is 0.0415. The van der Waals surface area contributed by atoms with E-state index < -0.39 is 5.97 Å². The van der Waals surface area contributed by atoms with Gasteiger partial charge in [0.15, 0.2) is 0 Å². The molecule has 0 saturated heterocycles. The monoisotopic (exact) mass is 464 g/mol.